The number of rotatable bonds is 3. The molecule has 0 fully saturated rings. The summed E-state index contributed by atoms with van der Waals surface area (Å²) in [5.74, 6) is 0.379. The van der Waals surface area contributed by atoms with Gasteiger partial charge in [-0.2, -0.15) is 0 Å². The summed E-state index contributed by atoms with van der Waals surface area (Å²) >= 11 is 6.21. The topological polar surface area (TPSA) is 46.6 Å². The van der Waals surface area contributed by atoms with Crippen molar-refractivity contribution in [2.45, 2.75) is 26.5 Å². The Balaban J connectivity index is 2.05. The fourth-order valence-electron chi connectivity index (χ4n) is 2.59. The maximum atomic E-state index is 12.6. The molecule has 2 aromatic carbocycles. The van der Waals surface area contributed by atoms with E-state index in [1.165, 1.54) is 6.92 Å². The van der Waals surface area contributed by atoms with E-state index >= 15 is 0 Å². The zero-order valence-electron chi connectivity index (χ0n) is 12.9. The molecule has 0 bridgehead atoms. The summed E-state index contributed by atoms with van der Waals surface area (Å²) in [5.41, 5.74) is 1.98. The summed E-state index contributed by atoms with van der Waals surface area (Å²) in [4.78, 5) is 25.8. The van der Waals surface area contributed by atoms with Crippen LogP contribution in [0, 0.1) is 0 Å². The second kappa shape index (κ2) is 6.05. The van der Waals surface area contributed by atoms with Crippen molar-refractivity contribution >= 4 is 29.0 Å². The molecular formula is C18H16ClNO3. The number of Topliss-reactive ketones (excluding diaryl/α,β-unsaturated/α-hetero) is 1. The zero-order valence-corrected chi connectivity index (χ0v) is 13.6. The number of carbonyl (C=O) groups excluding carboxylic acids is 2. The first-order valence-electron chi connectivity index (χ1n) is 7.34. The molecule has 1 unspecified atom stereocenters. The van der Waals surface area contributed by atoms with Gasteiger partial charge in [0.05, 0.1) is 12.2 Å². The van der Waals surface area contributed by atoms with Gasteiger partial charge in [0.1, 0.15) is 5.75 Å². The monoisotopic (exact) mass is 329 g/mol. The molecule has 3 rings (SSSR count). The van der Waals surface area contributed by atoms with E-state index < -0.39 is 6.10 Å². The van der Waals surface area contributed by atoms with Gasteiger partial charge in [0.25, 0.3) is 5.91 Å². The standard InChI is InChI=1S/C18H16ClNO3/c1-11(21)13-7-8-17-16(9-13)20(18(22)12(2)23-17)10-14-5-3-4-6-15(14)19/h3-9,12H,10H2,1-2H3. The van der Waals surface area contributed by atoms with Crippen molar-refractivity contribution in [1.82, 2.24) is 0 Å². The molecule has 1 atom stereocenters. The van der Waals surface area contributed by atoms with Crippen LogP contribution in [0.25, 0.3) is 0 Å². The number of fused-ring (bicyclic) bond motifs is 1. The van der Waals surface area contributed by atoms with Crippen LogP contribution in [0.1, 0.15) is 29.8 Å². The Labute approximate surface area is 139 Å². The van der Waals surface area contributed by atoms with E-state index in [0.717, 1.165) is 5.56 Å². The van der Waals surface area contributed by atoms with Crippen molar-refractivity contribution in [3.63, 3.8) is 0 Å². The number of ketones is 1. The molecule has 1 heterocycles. The molecule has 0 spiro atoms. The van der Waals surface area contributed by atoms with Crippen LogP contribution < -0.4 is 9.64 Å². The molecule has 0 saturated carbocycles. The molecule has 1 amide bonds. The second-order valence-corrected chi connectivity index (χ2v) is 5.92. The van der Waals surface area contributed by atoms with Gasteiger partial charge < -0.3 is 9.64 Å². The minimum absolute atomic E-state index is 0.0587. The number of anilines is 1. The first kappa shape index (κ1) is 15.6. The lowest BCUT2D eigenvalue weighted by molar-refractivity contribution is -0.125. The molecule has 0 saturated heterocycles. The molecule has 23 heavy (non-hydrogen) atoms. The zero-order chi connectivity index (χ0) is 16.6. The third kappa shape index (κ3) is 2.94. The van der Waals surface area contributed by atoms with E-state index in [-0.39, 0.29) is 11.7 Å². The third-order valence-corrected chi connectivity index (χ3v) is 4.23. The Hall–Kier alpha value is -2.33. The Bertz CT molecular complexity index is 788. The SMILES string of the molecule is CC(=O)c1ccc2c(c1)N(Cc1ccccc1Cl)C(=O)C(C)O2. The summed E-state index contributed by atoms with van der Waals surface area (Å²) in [7, 11) is 0. The van der Waals surface area contributed by atoms with Gasteiger partial charge >= 0.3 is 0 Å². The summed E-state index contributed by atoms with van der Waals surface area (Å²) in [6, 6.07) is 12.5. The normalized spacial score (nSPS) is 16.7. The first-order valence-corrected chi connectivity index (χ1v) is 7.71. The highest BCUT2D eigenvalue weighted by molar-refractivity contribution is 6.31. The highest BCUT2D eigenvalue weighted by Gasteiger charge is 2.32. The molecule has 1 aliphatic rings. The highest BCUT2D eigenvalue weighted by atomic mass is 35.5. The van der Waals surface area contributed by atoms with E-state index in [4.69, 9.17) is 16.3 Å². The predicted molar refractivity (Wildman–Crippen MR) is 89.2 cm³/mol. The van der Waals surface area contributed by atoms with E-state index in [9.17, 15) is 9.59 Å². The lowest BCUT2D eigenvalue weighted by Crippen LogP contribution is -2.44. The molecule has 4 nitrogen and oxygen atoms in total. The number of amides is 1. The number of benzene rings is 2. The number of hydrogen-bond acceptors (Lipinski definition) is 3. The van der Waals surface area contributed by atoms with Crippen molar-refractivity contribution in [2.75, 3.05) is 4.90 Å². The number of nitrogens with zero attached hydrogens (tertiary/aromatic N) is 1. The molecule has 0 aromatic heterocycles. The number of carbonyl (C=O) groups is 2. The average molecular weight is 330 g/mol. The second-order valence-electron chi connectivity index (χ2n) is 5.51. The maximum Gasteiger partial charge on any atom is 0.268 e. The van der Waals surface area contributed by atoms with Crippen LogP contribution in [0.4, 0.5) is 5.69 Å². The van der Waals surface area contributed by atoms with Crippen LogP contribution in [-0.2, 0) is 11.3 Å². The van der Waals surface area contributed by atoms with Crippen LogP contribution in [-0.4, -0.2) is 17.8 Å². The Morgan fingerprint density at radius 1 is 1.26 bits per heavy atom. The van der Waals surface area contributed by atoms with Crippen LogP contribution >= 0.6 is 11.6 Å². The molecule has 0 radical (unpaired) electrons. The maximum absolute atomic E-state index is 12.6. The Morgan fingerprint density at radius 3 is 2.70 bits per heavy atom. The fraction of sp³-hybridized carbons (Fsp3) is 0.222. The van der Waals surface area contributed by atoms with Gasteiger partial charge in [0.15, 0.2) is 11.9 Å². The lowest BCUT2D eigenvalue weighted by atomic mass is 10.1. The molecule has 0 N–H and O–H groups in total. The highest BCUT2D eigenvalue weighted by Crippen LogP contribution is 2.36. The largest absolute Gasteiger partial charge is 0.479 e. The summed E-state index contributed by atoms with van der Waals surface area (Å²) in [6.45, 7) is 3.54. The fourth-order valence-corrected chi connectivity index (χ4v) is 2.78. The molecule has 5 heteroatoms. The number of halogens is 1. The van der Waals surface area contributed by atoms with Gasteiger partial charge in [-0.3, -0.25) is 9.59 Å². The van der Waals surface area contributed by atoms with E-state index in [1.54, 1.807) is 36.1 Å². The van der Waals surface area contributed by atoms with E-state index in [0.29, 0.717) is 28.6 Å². The quantitative estimate of drug-likeness (QED) is 0.803. The first-order chi connectivity index (χ1) is 11.0. The van der Waals surface area contributed by atoms with Crippen LogP contribution in [0.15, 0.2) is 42.5 Å². The Morgan fingerprint density at radius 2 is 2.00 bits per heavy atom. The van der Waals surface area contributed by atoms with Crippen LogP contribution in [0.2, 0.25) is 5.02 Å². The lowest BCUT2D eigenvalue weighted by Gasteiger charge is -2.33. The van der Waals surface area contributed by atoms with Crippen LogP contribution in [0.3, 0.4) is 0 Å². The minimum atomic E-state index is -0.576. The molecule has 118 valence electrons. The summed E-state index contributed by atoms with van der Waals surface area (Å²) in [6.07, 6.45) is -0.576. The van der Waals surface area contributed by atoms with Crippen molar-refractivity contribution in [3.8, 4) is 5.75 Å². The van der Waals surface area contributed by atoms with Crippen molar-refractivity contribution in [1.29, 1.82) is 0 Å². The van der Waals surface area contributed by atoms with Gasteiger partial charge in [0, 0.05) is 10.6 Å². The molecule has 0 aliphatic carbocycles. The number of hydrogen-bond donors (Lipinski definition) is 0. The summed E-state index contributed by atoms with van der Waals surface area (Å²) < 4.78 is 5.64. The Kier molecular flexibility index (Phi) is 4.09. The van der Waals surface area contributed by atoms with Gasteiger partial charge in [-0.15, -0.1) is 0 Å². The predicted octanol–water partition coefficient (Wildman–Crippen LogP) is 3.86. The minimum Gasteiger partial charge on any atom is -0.479 e. The van der Waals surface area contributed by atoms with Gasteiger partial charge in [0.2, 0.25) is 0 Å². The molecule has 2 aromatic rings. The van der Waals surface area contributed by atoms with Gasteiger partial charge in [-0.1, -0.05) is 29.8 Å². The van der Waals surface area contributed by atoms with E-state index in [2.05, 4.69) is 0 Å². The molecule has 1 aliphatic heterocycles. The van der Waals surface area contributed by atoms with Crippen molar-refractivity contribution in [2.24, 2.45) is 0 Å². The van der Waals surface area contributed by atoms with Gasteiger partial charge in [-0.05, 0) is 43.7 Å². The smallest absolute Gasteiger partial charge is 0.268 e. The number of ether oxygens (including phenoxy) is 1. The van der Waals surface area contributed by atoms with Gasteiger partial charge in [-0.25, -0.2) is 0 Å². The third-order valence-electron chi connectivity index (χ3n) is 3.86. The average Bonchev–Trinajstić information content (AvgIpc) is 2.53. The molecular weight excluding hydrogens is 314 g/mol. The van der Waals surface area contributed by atoms with Crippen LogP contribution in [0.5, 0.6) is 5.75 Å². The van der Waals surface area contributed by atoms with E-state index in [1.807, 2.05) is 18.2 Å². The van der Waals surface area contributed by atoms with Crippen molar-refractivity contribution < 1.29 is 14.3 Å². The van der Waals surface area contributed by atoms with Crippen molar-refractivity contribution in [3.05, 3.63) is 58.6 Å². The summed E-state index contributed by atoms with van der Waals surface area (Å²) in [5, 5.41) is 0.601.